The second kappa shape index (κ2) is 12.8. The average molecular weight is 603 g/mol. The maximum Gasteiger partial charge on any atom is 0.325 e. The Kier molecular flexibility index (Phi) is 8.71. The van der Waals surface area contributed by atoms with E-state index in [0.717, 1.165) is 0 Å². The second-order valence-electron chi connectivity index (χ2n) is 9.52. The van der Waals surface area contributed by atoms with Gasteiger partial charge in [0.15, 0.2) is 12.2 Å². The van der Waals surface area contributed by atoms with Crippen LogP contribution in [0.15, 0.2) is 88.4 Å². The largest absolute Gasteiger partial charge is 0.858 e. The molecule has 220 valence electrons. The van der Waals surface area contributed by atoms with E-state index in [4.69, 9.17) is 21.5 Å². The molecule has 0 aliphatic carbocycles. The molecule has 0 radical (unpaired) electrons. The van der Waals surface area contributed by atoms with Crippen molar-refractivity contribution < 1.29 is 33.0 Å². The lowest BCUT2D eigenvalue weighted by atomic mass is 10.1. The summed E-state index contributed by atoms with van der Waals surface area (Å²) in [5.74, 6) is -1.32. The summed E-state index contributed by atoms with van der Waals surface area (Å²) in [7, 11) is 1.60. The quantitative estimate of drug-likeness (QED) is 0.127. The van der Waals surface area contributed by atoms with Crippen LogP contribution in [0.2, 0.25) is 0 Å². The summed E-state index contributed by atoms with van der Waals surface area (Å²) < 4.78 is 25.6. The van der Waals surface area contributed by atoms with Crippen molar-refractivity contribution in [2.24, 2.45) is 12.0 Å². The predicted octanol–water partition coefficient (Wildman–Crippen LogP) is 3.01. The van der Waals surface area contributed by atoms with Crippen molar-refractivity contribution in [2.75, 3.05) is 16.8 Å². The third-order valence-electron chi connectivity index (χ3n) is 6.66. The Morgan fingerprint density at radius 3 is 2.51 bits per heavy atom. The Morgan fingerprint density at radius 1 is 1.14 bits per heavy atom. The van der Waals surface area contributed by atoms with Crippen LogP contribution in [-0.4, -0.2) is 45.6 Å². The molecule has 2 heterocycles. The van der Waals surface area contributed by atoms with Crippen molar-refractivity contribution in [3.05, 3.63) is 95.9 Å². The first-order chi connectivity index (χ1) is 20.7. The van der Waals surface area contributed by atoms with Gasteiger partial charge in [0.1, 0.15) is 24.2 Å². The summed E-state index contributed by atoms with van der Waals surface area (Å²) in [5.41, 5.74) is 1.58. The molecule has 1 aliphatic rings. The van der Waals surface area contributed by atoms with Gasteiger partial charge in [0.05, 0.1) is 18.7 Å². The van der Waals surface area contributed by atoms with Gasteiger partial charge in [-0.05, 0) is 83.8 Å². The maximum absolute atomic E-state index is 13.8. The highest BCUT2D eigenvalue weighted by molar-refractivity contribution is 7.80. The van der Waals surface area contributed by atoms with Crippen molar-refractivity contribution >= 4 is 52.3 Å². The molecule has 0 bridgehead atoms. The summed E-state index contributed by atoms with van der Waals surface area (Å²) in [5, 5.41) is 19.5. The standard InChI is InChI=1S/C30H27FN6O5S/c1-3-41-23-15-13-22(14-16-23)37-29(40)24(17-26(38)32-21-11-9-20(31)10-12-21)36(30(37)43)18-25-28(42-34-35(25)2)33-27(39)19-7-5-4-6-8-19/h4-16,24H,3,17-18H2,1-2H3,(H-,32,33,34,38,39). The number of hydrogen-bond acceptors (Lipinski definition) is 8. The van der Waals surface area contributed by atoms with Gasteiger partial charge in [0.2, 0.25) is 11.2 Å². The number of aromatic nitrogens is 2. The highest BCUT2D eigenvalue weighted by atomic mass is 32.1. The lowest BCUT2D eigenvalue weighted by Gasteiger charge is -2.22. The van der Waals surface area contributed by atoms with Crippen LogP contribution in [-0.2, 0) is 23.2 Å². The van der Waals surface area contributed by atoms with Gasteiger partial charge in [-0.2, -0.15) is 0 Å². The first-order valence-corrected chi connectivity index (χ1v) is 13.7. The highest BCUT2D eigenvalue weighted by Gasteiger charge is 2.46. The van der Waals surface area contributed by atoms with Crippen LogP contribution in [0, 0.1) is 5.82 Å². The average Bonchev–Trinajstić information content (AvgIpc) is 3.46. The predicted molar refractivity (Wildman–Crippen MR) is 157 cm³/mol. The number of hydrogen-bond donors (Lipinski definition) is 1. The van der Waals surface area contributed by atoms with Crippen molar-refractivity contribution in [1.29, 1.82) is 0 Å². The SMILES string of the molecule is CCOc1ccc(N2C(=O)C(CC(=O)Nc3ccc(F)cc3)N(Cc3c(/N=C(\[O-])c4ccccc4)on[n+]3C)C2=S)cc1. The molecule has 43 heavy (non-hydrogen) atoms. The molecule has 13 heteroatoms. The first kappa shape index (κ1) is 29.3. The van der Waals surface area contributed by atoms with Gasteiger partial charge in [-0.1, -0.05) is 30.3 Å². The van der Waals surface area contributed by atoms with Crippen molar-refractivity contribution in [1.82, 2.24) is 10.2 Å². The van der Waals surface area contributed by atoms with Crippen LogP contribution in [0.3, 0.4) is 0 Å². The number of ether oxygens (including phenoxy) is 1. The molecule has 0 saturated carbocycles. The minimum Gasteiger partial charge on any atom is -0.858 e. The fourth-order valence-corrected chi connectivity index (χ4v) is 4.91. The first-order valence-electron chi connectivity index (χ1n) is 13.3. The molecular weight excluding hydrogens is 575 g/mol. The molecule has 5 rings (SSSR count). The van der Waals surface area contributed by atoms with E-state index in [0.29, 0.717) is 35.0 Å². The Balaban J connectivity index is 1.46. The molecule has 0 spiro atoms. The molecule has 1 aliphatic heterocycles. The second-order valence-corrected chi connectivity index (χ2v) is 9.88. The third kappa shape index (κ3) is 6.51. The van der Waals surface area contributed by atoms with Crippen molar-refractivity contribution in [3.63, 3.8) is 0 Å². The summed E-state index contributed by atoms with van der Waals surface area (Å²) in [6.45, 7) is 2.30. The van der Waals surface area contributed by atoms with E-state index in [1.165, 1.54) is 33.8 Å². The van der Waals surface area contributed by atoms with Gasteiger partial charge in [-0.3, -0.25) is 19.0 Å². The number of aryl methyl sites for hydroxylation is 1. The number of amides is 2. The fourth-order valence-electron chi connectivity index (χ4n) is 4.52. The van der Waals surface area contributed by atoms with Gasteiger partial charge < -0.3 is 20.1 Å². The van der Waals surface area contributed by atoms with Crippen LogP contribution < -0.4 is 24.7 Å². The summed E-state index contributed by atoms with van der Waals surface area (Å²) in [6.07, 6.45) is -0.270. The Morgan fingerprint density at radius 2 is 1.84 bits per heavy atom. The van der Waals surface area contributed by atoms with Crippen LogP contribution in [0.25, 0.3) is 0 Å². The van der Waals surface area contributed by atoms with Gasteiger partial charge in [0.25, 0.3) is 11.6 Å². The lowest BCUT2D eigenvalue weighted by Crippen LogP contribution is -2.42. The van der Waals surface area contributed by atoms with Crippen molar-refractivity contribution in [2.45, 2.75) is 25.9 Å². The number of aliphatic imine (C=N–C) groups is 1. The molecule has 3 aromatic carbocycles. The van der Waals surface area contributed by atoms with E-state index < -0.39 is 29.6 Å². The van der Waals surface area contributed by atoms with E-state index >= 15 is 0 Å². The molecular formula is C30H27FN6O5S. The minimum atomic E-state index is -1.02. The Bertz CT molecular complexity index is 1660. The number of benzene rings is 3. The number of nitrogens with zero attached hydrogens (tertiary/aromatic N) is 5. The lowest BCUT2D eigenvalue weighted by molar-refractivity contribution is -0.746. The van der Waals surface area contributed by atoms with Crippen LogP contribution in [0.4, 0.5) is 21.6 Å². The summed E-state index contributed by atoms with van der Waals surface area (Å²) in [4.78, 5) is 34.0. The van der Waals surface area contributed by atoms with Crippen LogP contribution >= 0.6 is 12.2 Å². The van der Waals surface area contributed by atoms with Gasteiger partial charge in [-0.25, -0.2) is 9.38 Å². The molecule has 1 atom stereocenters. The summed E-state index contributed by atoms with van der Waals surface area (Å²) in [6, 6.07) is 19.6. The topological polar surface area (TPSA) is 127 Å². The van der Waals surface area contributed by atoms with E-state index in [-0.39, 0.29) is 24.0 Å². The number of carbonyl (C=O) groups excluding carboxylic acids is 2. The fraction of sp³-hybridized carbons (Fsp3) is 0.200. The smallest absolute Gasteiger partial charge is 0.325 e. The van der Waals surface area contributed by atoms with Crippen LogP contribution in [0.5, 0.6) is 5.75 Å². The molecule has 1 aromatic heterocycles. The Labute approximate surface area is 251 Å². The van der Waals surface area contributed by atoms with Crippen molar-refractivity contribution in [3.8, 4) is 5.75 Å². The van der Waals surface area contributed by atoms with Gasteiger partial charge in [-0.15, -0.1) is 0 Å². The molecule has 11 nitrogen and oxygen atoms in total. The zero-order valence-electron chi connectivity index (χ0n) is 23.3. The monoisotopic (exact) mass is 602 g/mol. The highest BCUT2D eigenvalue weighted by Crippen LogP contribution is 2.31. The number of halogens is 1. The van der Waals surface area contributed by atoms with E-state index in [1.807, 2.05) is 6.92 Å². The maximum atomic E-state index is 13.8. The molecule has 1 N–H and O–H groups in total. The van der Waals surface area contributed by atoms with E-state index in [2.05, 4.69) is 15.6 Å². The zero-order chi connectivity index (χ0) is 30.5. The molecule has 1 fully saturated rings. The van der Waals surface area contributed by atoms with E-state index in [1.54, 1.807) is 66.5 Å². The number of rotatable bonds is 10. The molecule has 2 amide bonds. The number of carbonyl (C=O) groups is 2. The summed E-state index contributed by atoms with van der Waals surface area (Å²) >= 11 is 5.77. The normalized spacial score (nSPS) is 15.2. The molecule has 1 unspecified atom stereocenters. The van der Waals surface area contributed by atoms with Crippen LogP contribution in [0.1, 0.15) is 24.6 Å². The number of thiocarbonyl (C=S) groups is 1. The van der Waals surface area contributed by atoms with E-state index in [9.17, 15) is 19.1 Å². The molecule has 1 saturated heterocycles. The molecule has 4 aromatic rings. The Hall–Kier alpha value is -5.17. The number of nitrogens with one attached hydrogen (secondary N) is 1. The minimum absolute atomic E-state index is 0.0481. The number of anilines is 2. The zero-order valence-corrected chi connectivity index (χ0v) is 24.1. The van der Waals surface area contributed by atoms with Gasteiger partial charge in [0, 0.05) is 5.69 Å². The third-order valence-corrected chi connectivity index (χ3v) is 7.08. The van der Waals surface area contributed by atoms with Gasteiger partial charge >= 0.3 is 5.88 Å².